The van der Waals surface area contributed by atoms with Crippen LogP contribution in [0.5, 0.6) is 5.75 Å². The van der Waals surface area contributed by atoms with Crippen molar-refractivity contribution in [3.05, 3.63) is 65.9 Å². The number of halogens is 3. The van der Waals surface area contributed by atoms with Gasteiger partial charge in [0.1, 0.15) is 17.1 Å². The Labute approximate surface area is 179 Å². The van der Waals surface area contributed by atoms with Crippen molar-refractivity contribution >= 4 is 23.1 Å². The molecule has 1 aromatic heterocycles. The van der Waals surface area contributed by atoms with Gasteiger partial charge in [-0.3, -0.25) is 0 Å². The number of alkyl halides is 3. The van der Waals surface area contributed by atoms with Crippen LogP contribution in [0.15, 0.2) is 54.7 Å². The monoisotopic (exact) mass is 430 g/mol. The molecule has 0 atom stereocenters. The topological polar surface area (TPSA) is 59.1 Å². The van der Waals surface area contributed by atoms with Gasteiger partial charge in [-0.2, -0.15) is 18.2 Å². The summed E-state index contributed by atoms with van der Waals surface area (Å²) in [4.78, 5) is 7.96. The highest BCUT2D eigenvalue weighted by Gasteiger charge is 2.35. The van der Waals surface area contributed by atoms with Crippen LogP contribution < -0.4 is 15.4 Å². The van der Waals surface area contributed by atoms with Gasteiger partial charge in [-0.15, -0.1) is 0 Å². The van der Waals surface area contributed by atoms with Crippen molar-refractivity contribution in [1.82, 2.24) is 9.97 Å². The summed E-state index contributed by atoms with van der Waals surface area (Å²) in [6.07, 6.45) is -1.11. The van der Waals surface area contributed by atoms with Crippen LogP contribution >= 0.6 is 0 Å². The summed E-state index contributed by atoms with van der Waals surface area (Å²) < 4.78 is 46.1. The van der Waals surface area contributed by atoms with Gasteiger partial charge >= 0.3 is 6.18 Å². The van der Waals surface area contributed by atoms with Crippen LogP contribution in [0.25, 0.3) is 0 Å². The largest absolute Gasteiger partial charge is 0.494 e. The van der Waals surface area contributed by atoms with E-state index in [1.807, 2.05) is 19.1 Å². The minimum absolute atomic E-state index is 0.0594. The predicted molar refractivity (Wildman–Crippen MR) is 116 cm³/mol. The normalized spacial score (nSPS) is 11.3. The van der Waals surface area contributed by atoms with Crippen molar-refractivity contribution in [2.24, 2.45) is 0 Å². The maximum absolute atomic E-state index is 13.5. The summed E-state index contributed by atoms with van der Waals surface area (Å²) in [7, 11) is 0. The highest BCUT2D eigenvalue weighted by molar-refractivity contribution is 5.65. The Balaban J connectivity index is 1.83. The molecule has 1 heterocycles. The zero-order valence-corrected chi connectivity index (χ0v) is 17.5. The number of hydrogen-bond acceptors (Lipinski definition) is 5. The molecule has 0 radical (unpaired) electrons. The highest BCUT2D eigenvalue weighted by Crippen LogP contribution is 2.36. The number of anilines is 4. The second kappa shape index (κ2) is 10.1. The van der Waals surface area contributed by atoms with E-state index in [2.05, 4.69) is 27.5 Å². The average Bonchev–Trinajstić information content (AvgIpc) is 2.75. The summed E-state index contributed by atoms with van der Waals surface area (Å²) >= 11 is 0. The number of nitrogens with zero attached hydrogens (tertiary/aromatic N) is 2. The Morgan fingerprint density at radius 3 is 2.39 bits per heavy atom. The van der Waals surface area contributed by atoms with Gasteiger partial charge in [-0.05, 0) is 48.7 Å². The lowest BCUT2D eigenvalue weighted by Crippen LogP contribution is -2.13. The van der Waals surface area contributed by atoms with E-state index in [1.165, 1.54) is 0 Å². The molecule has 8 heteroatoms. The average molecular weight is 430 g/mol. The van der Waals surface area contributed by atoms with Crippen LogP contribution in [-0.2, 0) is 12.6 Å². The lowest BCUT2D eigenvalue weighted by atomic mass is 10.1. The minimum atomic E-state index is -4.58. The molecule has 0 saturated carbocycles. The van der Waals surface area contributed by atoms with E-state index < -0.39 is 11.7 Å². The molecule has 31 heavy (non-hydrogen) atoms. The van der Waals surface area contributed by atoms with Crippen LogP contribution in [0.3, 0.4) is 0 Å². The molecule has 0 aliphatic heterocycles. The van der Waals surface area contributed by atoms with Gasteiger partial charge in [0.25, 0.3) is 0 Å². The van der Waals surface area contributed by atoms with E-state index in [9.17, 15) is 13.2 Å². The fraction of sp³-hybridized carbons (Fsp3) is 0.304. The van der Waals surface area contributed by atoms with E-state index in [0.717, 1.165) is 30.4 Å². The van der Waals surface area contributed by atoms with Crippen LogP contribution in [0.2, 0.25) is 0 Å². The van der Waals surface area contributed by atoms with Crippen molar-refractivity contribution in [3.8, 4) is 5.75 Å². The third-order valence-electron chi connectivity index (χ3n) is 4.62. The summed E-state index contributed by atoms with van der Waals surface area (Å²) in [6, 6.07) is 14.3. The molecule has 0 aliphatic carbocycles. The van der Waals surface area contributed by atoms with E-state index in [4.69, 9.17) is 4.74 Å². The molecule has 164 valence electrons. The van der Waals surface area contributed by atoms with Gasteiger partial charge in [0.15, 0.2) is 0 Å². The van der Waals surface area contributed by atoms with E-state index in [1.54, 1.807) is 36.4 Å². The lowest BCUT2D eigenvalue weighted by Gasteiger charge is -2.16. The first-order chi connectivity index (χ1) is 14.9. The number of aryl methyl sites for hydroxylation is 1. The van der Waals surface area contributed by atoms with Gasteiger partial charge in [-0.1, -0.05) is 38.5 Å². The fourth-order valence-corrected chi connectivity index (χ4v) is 2.92. The molecule has 0 unspecified atom stereocenters. The second-order valence-corrected chi connectivity index (χ2v) is 6.94. The maximum Gasteiger partial charge on any atom is 0.421 e. The van der Waals surface area contributed by atoms with Gasteiger partial charge in [0.2, 0.25) is 5.95 Å². The fourth-order valence-electron chi connectivity index (χ4n) is 2.92. The summed E-state index contributed by atoms with van der Waals surface area (Å²) in [5, 5.41) is 5.78. The van der Waals surface area contributed by atoms with Crippen molar-refractivity contribution in [2.75, 3.05) is 17.2 Å². The summed E-state index contributed by atoms with van der Waals surface area (Å²) in [5.74, 6) is 0.486. The lowest BCUT2D eigenvalue weighted by molar-refractivity contribution is -0.137. The number of unbranched alkanes of at least 4 members (excludes halogenated alkanes) is 1. The SMILES string of the molecule is CCCCOc1ccc(Nc2ncc(C(F)(F)F)c(Nc3ccccc3CC)n2)cc1. The van der Waals surface area contributed by atoms with Crippen LogP contribution in [0.4, 0.5) is 36.3 Å². The Kier molecular flexibility index (Phi) is 7.33. The summed E-state index contributed by atoms with van der Waals surface area (Å²) in [6.45, 7) is 4.66. The number of benzene rings is 2. The predicted octanol–water partition coefficient (Wildman–Crippen LogP) is 6.72. The first kappa shape index (κ1) is 22.4. The molecule has 3 aromatic rings. The van der Waals surface area contributed by atoms with Gasteiger partial charge in [0, 0.05) is 17.6 Å². The molecular weight excluding hydrogens is 405 g/mol. The first-order valence-corrected chi connectivity index (χ1v) is 10.2. The van der Waals surface area contributed by atoms with E-state index in [0.29, 0.717) is 24.4 Å². The maximum atomic E-state index is 13.5. The molecule has 5 nitrogen and oxygen atoms in total. The molecule has 3 rings (SSSR count). The quantitative estimate of drug-likeness (QED) is 0.369. The van der Waals surface area contributed by atoms with Crippen molar-refractivity contribution < 1.29 is 17.9 Å². The summed E-state index contributed by atoms with van der Waals surface area (Å²) in [5.41, 5.74) is 1.18. The van der Waals surface area contributed by atoms with Crippen molar-refractivity contribution in [2.45, 2.75) is 39.3 Å². The van der Waals surface area contributed by atoms with E-state index in [-0.39, 0.29) is 11.8 Å². The minimum Gasteiger partial charge on any atom is -0.494 e. The zero-order valence-electron chi connectivity index (χ0n) is 17.5. The number of nitrogens with one attached hydrogen (secondary N) is 2. The molecule has 0 saturated heterocycles. The van der Waals surface area contributed by atoms with Gasteiger partial charge in [0.05, 0.1) is 6.61 Å². The zero-order chi connectivity index (χ0) is 22.3. The van der Waals surface area contributed by atoms with Crippen LogP contribution in [0, 0.1) is 0 Å². The molecular formula is C23H25F3N4O. The molecule has 2 N–H and O–H groups in total. The van der Waals surface area contributed by atoms with Crippen LogP contribution in [0.1, 0.15) is 37.8 Å². The molecule has 0 bridgehead atoms. The number of aromatic nitrogens is 2. The van der Waals surface area contributed by atoms with Crippen LogP contribution in [-0.4, -0.2) is 16.6 Å². The Hall–Kier alpha value is -3.29. The Morgan fingerprint density at radius 1 is 0.968 bits per heavy atom. The molecule has 0 fully saturated rings. The number of hydrogen-bond donors (Lipinski definition) is 2. The molecule has 0 aliphatic rings. The smallest absolute Gasteiger partial charge is 0.421 e. The number of rotatable bonds is 9. The van der Waals surface area contributed by atoms with Crippen molar-refractivity contribution in [3.63, 3.8) is 0 Å². The Morgan fingerprint density at radius 2 is 1.71 bits per heavy atom. The van der Waals surface area contributed by atoms with Gasteiger partial charge < -0.3 is 15.4 Å². The molecule has 2 aromatic carbocycles. The van der Waals surface area contributed by atoms with Gasteiger partial charge in [-0.25, -0.2) is 4.98 Å². The molecule has 0 spiro atoms. The highest BCUT2D eigenvalue weighted by atomic mass is 19.4. The standard InChI is InChI=1S/C23H25F3N4O/c1-3-5-14-31-18-12-10-17(11-13-18)28-22-27-15-19(23(24,25)26)21(30-22)29-20-9-7-6-8-16(20)4-2/h6-13,15H,3-5,14H2,1-2H3,(H2,27,28,29,30). The third kappa shape index (κ3) is 6.10. The van der Waals surface area contributed by atoms with E-state index >= 15 is 0 Å². The molecule has 0 amide bonds. The first-order valence-electron chi connectivity index (χ1n) is 10.2. The number of para-hydroxylation sites is 1. The Bertz CT molecular complexity index is 991. The number of ether oxygens (including phenoxy) is 1. The third-order valence-corrected chi connectivity index (χ3v) is 4.62. The second-order valence-electron chi connectivity index (χ2n) is 6.94. The van der Waals surface area contributed by atoms with Crippen molar-refractivity contribution in [1.29, 1.82) is 0 Å².